The number of carboxylic acids is 1. The fourth-order valence-electron chi connectivity index (χ4n) is 2.22. The van der Waals surface area contributed by atoms with E-state index in [1.807, 2.05) is 19.9 Å². The second-order valence-corrected chi connectivity index (χ2v) is 5.38. The Hall–Kier alpha value is -2.83. The van der Waals surface area contributed by atoms with E-state index in [-0.39, 0.29) is 23.1 Å². The third-order valence-electron chi connectivity index (χ3n) is 3.30. The van der Waals surface area contributed by atoms with E-state index in [2.05, 4.69) is 15.5 Å². The number of nitrogens with zero attached hydrogens (tertiary/aromatic N) is 1. The molecule has 0 fully saturated rings. The van der Waals surface area contributed by atoms with E-state index >= 15 is 0 Å². The van der Waals surface area contributed by atoms with Gasteiger partial charge in [-0.05, 0) is 38.1 Å². The van der Waals surface area contributed by atoms with Crippen LogP contribution in [0.2, 0.25) is 0 Å². The molecule has 0 spiro atoms. The molecule has 7 nitrogen and oxygen atoms in total. The first-order valence-electron chi connectivity index (χ1n) is 7.13. The van der Waals surface area contributed by atoms with Crippen LogP contribution in [0.25, 0.3) is 0 Å². The molecular formula is C16H19N3O4. The molecule has 0 aliphatic rings. The lowest BCUT2D eigenvalue weighted by atomic mass is 10.1. The number of aromatic nitrogens is 2. The molecule has 2 rings (SSSR count). The predicted octanol–water partition coefficient (Wildman–Crippen LogP) is 1.79. The number of carboxylic acid groups (broad SMARTS) is 1. The lowest BCUT2D eigenvalue weighted by molar-refractivity contribution is 0.0696. The number of ether oxygens (including phenoxy) is 1. The smallest absolute Gasteiger partial charge is 0.335 e. The first-order valence-corrected chi connectivity index (χ1v) is 7.13. The van der Waals surface area contributed by atoms with Gasteiger partial charge in [0.05, 0.1) is 18.4 Å². The van der Waals surface area contributed by atoms with E-state index in [1.54, 1.807) is 0 Å². The predicted molar refractivity (Wildman–Crippen MR) is 83.9 cm³/mol. The molecule has 23 heavy (non-hydrogen) atoms. The van der Waals surface area contributed by atoms with Crippen molar-refractivity contribution < 1.29 is 19.4 Å². The number of carbonyl (C=O) groups excluding carboxylic acids is 1. The van der Waals surface area contributed by atoms with Crippen LogP contribution in [-0.4, -0.2) is 40.3 Å². The van der Waals surface area contributed by atoms with E-state index < -0.39 is 5.97 Å². The highest BCUT2D eigenvalue weighted by Crippen LogP contribution is 2.17. The molecule has 0 saturated carbocycles. The summed E-state index contributed by atoms with van der Waals surface area (Å²) in [6.45, 7) is 3.77. The molecule has 0 radical (unpaired) electrons. The third kappa shape index (κ3) is 4.32. The molecule has 7 heteroatoms. The van der Waals surface area contributed by atoms with Crippen molar-refractivity contribution in [3.05, 3.63) is 46.8 Å². The van der Waals surface area contributed by atoms with Crippen LogP contribution in [0.1, 0.15) is 39.0 Å². The summed E-state index contributed by atoms with van der Waals surface area (Å²) in [5.74, 6) is -1.14. The molecule has 1 atom stereocenters. The van der Waals surface area contributed by atoms with Crippen molar-refractivity contribution in [1.82, 2.24) is 15.5 Å². The van der Waals surface area contributed by atoms with Crippen molar-refractivity contribution in [2.24, 2.45) is 0 Å². The van der Waals surface area contributed by atoms with Crippen LogP contribution in [0, 0.1) is 6.92 Å². The zero-order valence-corrected chi connectivity index (χ0v) is 13.2. The van der Waals surface area contributed by atoms with Crippen molar-refractivity contribution in [2.75, 3.05) is 7.11 Å². The van der Waals surface area contributed by atoms with Gasteiger partial charge in [0.25, 0.3) is 5.91 Å². The van der Waals surface area contributed by atoms with Gasteiger partial charge in [-0.25, -0.2) is 4.79 Å². The van der Waals surface area contributed by atoms with Crippen LogP contribution in [0.15, 0.2) is 24.3 Å². The van der Waals surface area contributed by atoms with Gasteiger partial charge in [-0.2, -0.15) is 5.10 Å². The molecule has 1 aromatic heterocycles. The molecule has 0 aliphatic carbocycles. The summed E-state index contributed by atoms with van der Waals surface area (Å²) in [6, 6.07) is 5.97. The van der Waals surface area contributed by atoms with Crippen molar-refractivity contribution in [3.63, 3.8) is 0 Å². The molecule has 1 heterocycles. The van der Waals surface area contributed by atoms with Gasteiger partial charge in [0.1, 0.15) is 5.75 Å². The lowest BCUT2D eigenvalue weighted by Crippen LogP contribution is -2.34. The highest BCUT2D eigenvalue weighted by molar-refractivity contribution is 5.98. The van der Waals surface area contributed by atoms with Gasteiger partial charge in [0.2, 0.25) is 0 Å². The average Bonchev–Trinajstić information content (AvgIpc) is 2.91. The van der Waals surface area contributed by atoms with Gasteiger partial charge >= 0.3 is 5.97 Å². The molecule has 1 amide bonds. The van der Waals surface area contributed by atoms with E-state index in [0.717, 1.165) is 11.4 Å². The summed E-state index contributed by atoms with van der Waals surface area (Å²) in [6.07, 6.45) is 0.575. The van der Waals surface area contributed by atoms with E-state index in [1.165, 1.54) is 25.3 Å². The number of hydrogen-bond acceptors (Lipinski definition) is 4. The van der Waals surface area contributed by atoms with Gasteiger partial charge in [-0.15, -0.1) is 0 Å². The zero-order valence-electron chi connectivity index (χ0n) is 13.2. The molecule has 0 bridgehead atoms. The van der Waals surface area contributed by atoms with E-state index in [9.17, 15) is 9.59 Å². The minimum absolute atomic E-state index is 0.00470. The molecule has 1 unspecified atom stereocenters. The van der Waals surface area contributed by atoms with E-state index in [4.69, 9.17) is 9.84 Å². The molecule has 3 N–H and O–H groups in total. The average molecular weight is 317 g/mol. The molecule has 2 aromatic rings. The summed E-state index contributed by atoms with van der Waals surface area (Å²) in [4.78, 5) is 23.4. The van der Waals surface area contributed by atoms with Crippen LogP contribution in [0.3, 0.4) is 0 Å². The maximum Gasteiger partial charge on any atom is 0.335 e. The fraction of sp³-hybridized carbons (Fsp3) is 0.312. The first-order chi connectivity index (χ1) is 10.9. The molecular weight excluding hydrogens is 298 g/mol. The number of aryl methyl sites for hydroxylation is 1. The SMILES string of the molecule is COc1cc(C(=O)O)cc(C(=O)NC(C)Cc2cc(C)[nH]n2)c1. The monoisotopic (exact) mass is 317 g/mol. The van der Waals surface area contributed by atoms with Crippen molar-refractivity contribution in [3.8, 4) is 5.75 Å². The van der Waals surface area contributed by atoms with Gasteiger partial charge < -0.3 is 15.2 Å². The van der Waals surface area contributed by atoms with Crippen LogP contribution >= 0.6 is 0 Å². The number of nitrogens with one attached hydrogen (secondary N) is 2. The minimum Gasteiger partial charge on any atom is -0.497 e. The Balaban J connectivity index is 2.10. The summed E-state index contributed by atoms with van der Waals surface area (Å²) in [7, 11) is 1.42. The summed E-state index contributed by atoms with van der Waals surface area (Å²) >= 11 is 0. The Labute approximate surface area is 133 Å². The van der Waals surface area contributed by atoms with Crippen molar-refractivity contribution >= 4 is 11.9 Å². The Morgan fingerprint density at radius 2 is 2.00 bits per heavy atom. The Kier molecular flexibility index (Phi) is 5.00. The van der Waals surface area contributed by atoms with Gasteiger partial charge in [-0.1, -0.05) is 0 Å². The zero-order chi connectivity index (χ0) is 17.0. The van der Waals surface area contributed by atoms with Gasteiger partial charge in [0, 0.05) is 23.7 Å². The molecule has 0 saturated heterocycles. The Bertz CT molecular complexity index is 724. The van der Waals surface area contributed by atoms with Gasteiger partial charge in [0.15, 0.2) is 0 Å². The summed E-state index contributed by atoms with van der Waals surface area (Å²) < 4.78 is 5.04. The molecule has 122 valence electrons. The lowest BCUT2D eigenvalue weighted by Gasteiger charge is -2.13. The summed E-state index contributed by atoms with van der Waals surface area (Å²) in [5.41, 5.74) is 2.06. The second-order valence-electron chi connectivity index (χ2n) is 5.38. The number of methoxy groups -OCH3 is 1. The van der Waals surface area contributed by atoms with E-state index in [0.29, 0.717) is 12.2 Å². The minimum atomic E-state index is -1.11. The molecule has 0 aliphatic heterocycles. The largest absolute Gasteiger partial charge is 0.497 e. The number of hydrogen-bond donors (Lipinski definition) is 3. The maximum atomic E-state index is 12.3. The van der Waals surface area contributed by atoms with Crippen molar-refractivity contribution in [2.45, 2.75) is 26.3 Å². The Morgan fingerprint density at radius 3 is 2.57 bits per heavy atom. The van der Waals surface area contributed by atoms with Crippen LogP contribution in [-0.2, 0) is 6.42 Å². The van der Waals surface area contributed by atoms with Crippen LogP contribution in [0.4, 0.5) is 0 Å². The van der Waals surface area contributed by atoms with Crippen LogP contribution in [0.5, 0.6) is 5.75 Å². The molecule has 1 aromatic carbocycles. The first kappa shape index (κ1) is 16.5. The number of rotatable bonds is 6. The highest BCUT2D eigenvalue weighted by atomic mass is 16.5. The second kappa shape index (κ2) is 6.95. The number of amides is 1. The summed E-state index contributed by atoms with van der Waals surface area (Å²) in [5, 5.41) is 18.9. The van der Waals surface area contributed by atoms with Gasteiger partial charge in [-0.3, -0.25) is 9.89 Å². The number of benzene rings is 1. The normalized spacial score (nSPS) is 11.8. The van der Waals surface area contributed by atoms with Crippen LogP contribution < -0.4 is 10.1 Å². The Morgan fingerprint density at radius 1 is 1.30 bits per heavy atom. The van der Waals surface area contributed by atoms with Crippen molar-refractivity contribution in [1.29, 1.82) is 0 Å². The standard InChI is InChI=1S/C16H19N3O4/c1-9(4-13-5-10(2)18-19-13)17-15(20)11-6-12(16(21)22)8-14(7-11)23-3/h5-9H,4H2,1-3H3,(H,17,20)(H,18,19)(H,21,22). The highest BCUT2D eigenvalue weighted by Gasteiger charge is 2.15. The topological polar surface area (TPSA) is 104 Å². The number of carbonyl (C=O) groups is 2. The quantitative estimate of drug-likeness (QED) is 0.753. The number of aromatic amines is 1. The maximum absolute atomic E-state index is 12.3. The number of H-pyrrole nitrogens is 1. The third-order valence-corrected chi connectivity index (χ3v) is 3.30. The number of aromatic carboxylic acids is 1. The fourth-order valence-corrected chi connectivity index (χ4v) is 2.22.